The van der Waals surface area contributed by atoms with Gasteiger partial charge in [0.05, 0.1) is 4.75 Å². The van der Waals surface area contributed by atoms with Crippen LogP contribution in [-0.2, 0) is 14.6 Å². The summed E-state index contributed by atoms with van der Waals surface area (Å²) >= 11 is 0. The van der Waals surface area contributed by atoms with Crippen LogP contribution in [0.3, 0.4) is 0 Å². The van der Waals surface area contributed by atoms with E-state index in [2.05, 4.69) is 5.32 Å². The zero-order valence-corrected chi connectivity index (χ0v) is 11.5. The number of fused-ring (bicyclic) bond motifs is 1. The molecule has 0 aromatic carbocycles. The topological polar surface area (TPSA) is 63.2 Å². The van der Waals surface area contributed by atoms with Gasteiger partial charge < -0.3 is 5.32 Å². The van der Waals surface area contributed by atoms with E-state index >= 15 is 0 Å². The first-order chi connectivity index (χ1) is 7.71. The van der Waals surface area contributed by atoms with Crippen molar-refractivity contribution in [3.8, 4) is 0 Å². The lowest BCUT2D eigenvalue weighted by atomic mass is 10.0. The molecule has 2 saturated carbocycles. The SMILES string of the molecule is CC(C)(CNC(=O)C1CC2CC2C1)S(C)(=O)=O. The van der Waals surface area contributed by atoms with Crippen molar-refractivity contribution >= 4 is 15.7 Å². The van der Waals surface area contributed by atoms with Crippen LogP contribution in [0.1, 0.15) is 33.1 Å². The molecule has 0 bridgehead atoms. The van der Waals surface area contributed by atoms with Gasteiger partial charge in [0.2, 0.25) is 5.91 Å². The van der Waals surface area contributed by atoms with Crippen LogP contribution in [-0.4, -0.2) is 31.9 Å². The number of carbonyl (C=O) groups is 1. The van der Waals surface area contributed by atoms with Gasteiger partial charge in [-0.15, -0.1) is 0 Å². The summed E-state index contributed by atoms with van der Waals surface area (Å²) in [6.07, 6.45) is 4.49. The maximum atomic E-state index is 11.9. The summed E-state index contributed by atoms with van der Waals surface area (Å²) in [6.45, 7) is 3.50. The second kappa shape index (κ2) is 3.97. The van der Waals surface area contributed by atoms with Crippen LogP contribution in [0.15, 0.2) is 0 Å². The number of sulfone groups is 1. The Bertz CT molecular complexity index is 417. The van der Waals surface area contributed by atoms with Crippen LogP contribution in [0.5, 0.6) is 0 Å². The minimum Gasteiger partial charge on any atom is -0.354 e. The molecule has 0 aliphatic heterocycles. The molecule has 0 aromatic heterocycles. The van der Waals surface area contributed by atoms with Gasteiger partial charge in [-0.25, -0.2) is 8.42 Å². The van der Waals surface area contributed by atoms with E-state index in [0.29, 0.717) is 0 Å². The Morgan fingerprint density at radius 2 is 1.76 bits per heavy atom. The van der Waals surface area contributed by atoms with Crippen molar-refractivity contribution in [2.75, 3.05) is 12.8 Å². The summed E-state index contributed by atoms with van der Waals surface area (Å²) in [7, 11) is -3.14. The van der Waals surface area contributed by atoms with Gasteiger partial charge in [0.25, 0.3) is 0 Å². The zero-order chi connectivity index (χ0) is 12.8. The highest BCUT2D eigenvalue weighted by atomic mass is 32.2. The quantitative estimate of drug-likeness (QED) is 0.818. The molecule has 5 heteroatoms. The summed E-state index contributed by atoms with van der Waals surface area (Å²) < 4.78 is 22.1. The first-order valence-corrected chi connectivity index (χ1v) is 8.07. The average molecular weight is 259 g/mol. The first-order valence-electron chi connectivity index (χ1n) is 6.18. The van der Waals surface area contributed by atoms with Crippen LogP contribution in [0, 0.1) is 17.8 Å². The fraction of sp³-hybridized carbons (Fsp3) is 0.917. The molecule has 0 heterocycles. The molecule has 2 aliphatic rings. The fourth-order valence-corrected chi connectivity index (χ4v) is 2.84. The van der Waals surface area contributed by atoms with Crippen molar-refractivity contribution in [2.45, 2.75) is 37.9 Å². The van der Waals surface area contributed by atoms with Gasteiger partial charge in [-0.05, 0) is 44.9 Å². The summed E-state index contributed by atoms with van der Waals surface area (Å²) in [4.78, 5) is 11.9. The minimum atomic E-state index is -3.14. The van der Waals surface area contributed by atoms with Crippen LogP contribution in [0.25, 0.3) is 0 Å². The summed E-state index contributed by atoms with van der Waals surface area (Å²) in [5.41, 5.74) is 0. The minimum absolute atomic E-state index is 0.0360. The van der Waals surface area contributed by atoms with Crippen molar-refractivity contribution in [3.05, 3.63) is 0 Å². The Hall–Kier alpha value is -0.580. The molecule has 0 spiro atoms. The molecule has 2 rings (SSSR count). The standard InChI is InChI=1S/C12H21NO3S/c1-12(2,17(3,15)16)7-13-11(14)10-5-8-4-9(8)6-10/h8-10H,4-7H2,1-3H3,(H,13,14). The number of nitrogens with one attached hydrogen (secondary N) is 1. The third kappa shape index (κ3) is 2.64. The maximum absolute atomic E-state index is 11.9. The van der Waals surface area contributed by atoms with Crippen molar-refractivity contribution in [3.63, 3.8) is 0 Å². The van der Waals surface area contributed by atoms with Crippen molar-refractivity contribution in [1.29, 1.82) is 0 Å². The second-order valence-electron chi connectivity index (χ2n) is 6.17. The number of hydrogen-bond donors (Lipinski definition) is 1. The van der Waals surface area contributed by atoms with Gasteiger partial charge in [0.1, 0.15) is 0 Å². The molecule has 2 aliphatic carbocycles. The lowest BCUT2D eigenvalue weighted by Gasteiger charge is -2.24. The number of rotatable bonds is 4. The molecule has 1 N–H and O–H groups in total. The van der Waals surface area contributed by atoms with Crippen molar-refractivity contribution in [1.82, 2.24) is 5.32 Å². The smallest absolute Gasteiger partial charge is 0.223 e. The van der Waals surface area contributed by atoms with E-state index in [1.54, 1.807) is 13.8 Å². The van der Waals surface area contributed by atoms with Gasteiger partial charge in [-0.1, -0.05) is 0 Å². The van der Waals surface area contributed by atoms with Gasteiger partial charge in [-0.2, -0.15) is 0 Å². The summed E-state index contributed by atoms with van der Waals surface area (Å²) in [5.74, 6) is 1.70. The lowest BCUT2D eigenvalue weighted by molar-refractivity contribution is -0.125. The van der Waals surface area contributed by atoms with E-state index in [0.717, 1.165) is 24.7 Å². The highest BCUT2D eigenvalue weighted by molar-refractivity contribution is 7.92. The van der Waals surface area contributed by atoms with Crippen LogP contribution in [0.4, 0.5) is 0 Å². The van der Waals surface area contributed by atoms with E-state index in [-0.39, 0.29) is 18.4 Å². The molecular formula is C12H21NO3S. The molecule has 0 aromatic rings. The molecule has 17 heavy (non-hydrogen) atoms. The van der Waals surface area contributed by atoms with E-state index in [4.69, 9.17) is 0 Å². The first kappa shape index (κ1) is 12.9. The zero-order valence-electron chi connectivity index (χ0n) is 10.7. The molecule has 2 fully saturated rings. The molecule has 0 radical (unpaired) electrons. The van der Waals surface area contributed by atoms with Gasteiger partial charge in [-0.3, -0.25) is 4.79 Å². The van der Waals surface area contributed by atoms with Crippen LogP contribution in [0.2, 0.25) is 0 Å². The summed E-state index contributed by atoms with van der Waals surface area (Å²) in [5, 5.41) is 2.79. The monoisotopic (exact) mass is 259 g/mol. The molecule has 2 atom stereocenters. The molecule has 4 nitrogen and oxygen atoms in total. The van der Waals surface area contributed by atoms with Crippen LogP contribution >= 0.6 is 0 Å². The average Bonchev–Trinajstić information content (AvgIpc) is 2.81. The van der Waals surface area contributed by atoms with Crippen molar-refractivity contribution < 1.29 is 13.2 Å². The highest BCUT2D eigenvalue weighted by Crippen LogP contribution is 2.54. The van der Waals surface area contributed by atoms with E-state index in [1.807, 2.05) is 0 Å². The lowest BCUT2D eigenvalue weighted by Crippen LogP contribution is -2.45. The van der Waals surface area contributed by atoms with E-state index < -0.39 is 14.6 Å². The third-order valence-electron chi connectivity index (χ3n) is 4.31. The Morgan fingerprint density at radius 3 is 2.24 bits per heavy atom. The number of amides is 1. The molecule has 98 valence electrons. The van der Waals surface area contributed by atoms with Crippen molar-refractivity contribution in [2.24, 2.45) is 17.8 Å². The normalized spacial score (nSPS) is 32.1. The van der Waals surface area contributed by atoms with E-state index in [1.165, 1.54) is 12.7 Å². The third-order valence-corrected chi connectivity index (χ3v) is 6.46. The number of carbonyl (C=O) groups excluding carboxylic acids is 1. The van der Waals surface area contributed by atoms with Gasteiger partial charge >= 0.3 is 0 Å². The summed E-state index contributed by atoms with van der Waals surface area (Å²) in [6, 6.07) is 0. The van der Waals surface area contributed by atoms with Gasteiger partial charge in [0, 0.05) is 18.7 Å². The second-order valence-corrected chi connectivity index (χ2v) is 8.82. The Balaban J connectivity index is 1.84. The molecule has 1 amide bonds. The van der Waals surface area contributed by atoms with Crippen LogP contribution < -0.4 is 5.32 Å². The Morgan fingerprint density at radius 1 is 1.24 bits per heavy atom. The van der Waals surface area contributed by atoms with E-state index in [9.17, 15) is 13.2 Å². The Kier molecular flexibility index (Phi) is 3.00. The molecule has 2 unspecified atom stereocenters. The predicted molar refractivity (Wildman–Crippen MR) is 66.3 cm³/mol. The predicted octanol–water partition coefficient (Wildman–Crippen LogP) is 0.972. The maximum Gasteiger partial charge on any atom is 0.223 e. The molecular weight excluding hydrogens is 238 g/mol. The van der Waals surface area contributed by atoms with Gasteiger partial charge in [0.15, 0.2) is 9.84 Å². The Labute approximate surface area is 103 Å². The fourth-order valence-electron chi connectivity index (χ4n) is 2.50. The largest absolute Gasteiger partial charge is 0.354 e. The highest BCUT2D eigenvalue weighted by Gasteiger charge is 2.48. The number of hydrogen-bond acceptors (Lipinski definition) is 3. The molecule has 0 saturated heterocycles.